The minimum atomic E-state index is -3.60. The van der Waals surface area contributed by atoms with Crippen LogP contribution in [0.2, 0.25) is 0 Å². The molecule has 21 heavy (non-hydrogen) atoms. The SMILES string of the molecule is NC(=O)NCC1CCCN(S(=O)(=O)c2ccccc2N)C1. The summed E-state index contributed by atoms with van der Waals surface area (Å²) in [6.45, 7) is 1.20. The number of amides is 2. The Kier molecular flexibility index (Phi) is 4.69. The Morgan fingerprint density at radius 1 is 1.38 bits per heavy atom. The summed E-state index contributed by atoms with van der Waals surface area (Å²) in [7, 11) is -3.60. The third kappa shape index (κ3) is 3.64. The number of anilines is 1. The molecular formula is C13H20N4O3S. The van der Waals surface area contributed by atoms with E-state index < -0.39 is 16.1 Å². The fourth-order valence-electron chi connectivity index (χ4n) is 2.51. The van der Waals surface area contributed by atoms with Gasteiger partial charge in [0.05, 0.1) is 5.69 Å². The van der Waals surface area contributed by atoms with Crippen molar-refractivity contribution < 1.29 is 13.2 Å². The first-order valence-corrected chi connectivity index (χ1v) is 8.23. The van der Waals surface area contributed by atoms with Gasteiger partial charge in [0.2, 0.25) is 10.0 Å². The second-order valence-electron chi connectivity index (χ2n) is 5.15. The molecule has 0 saturated carbocycles. The standard InChI is InChI=1S/C13H20N4O3S/c14-11-5-1-2-6-12(11)21(19,20)17-7-3-4-10(9-17)8-16-13(15)18/h1-2,5-6,10H,3-4,7-9,14H2,(H3,15,16,18). The van der Waals surface area contributed by atoms with Crippen LogP contribution in [-0.4, -0.2) is 38.4 Å². The first kappa shape index (κ1) is 15.6. The summed E-state index contributed by atoms with van der Waals surface area (Å²) in [6, 6.07) is 5.84. The zero-order chi connectivity index (χ0) is 15.5. The van der Waals surface area contributed by atoms with Gasteiger partial charge in [-0.25, -0.2) is 13.2 Å². The highest BCUT2D eigenvalue weighted by molar-refractivity contribution is 7.89. The summed E-state index contributed by atoms with van der Waals surface area (Å²) < 4.78 is 26.7. The smallest absolute Gasteiger partial charge is 0.312 e. The van der Waals surface area contributed by atoms with Crippen LogP contribution in [0, 0.1) is 5.92 Å². The third-order valence-corrected chi connectivity index (χ3v) is 5.52. The van der Waals surface area contributed by atoms with Crippen molar-refractivity contribution >= 4 is 21.7 Å². The number of nitrogens with one attached hydrogen (secondary N) is 1. The number of para-hydroxylation sites is 1. The van der Waals surface area contributed by atoms with E-state index in [1.54, 1.807) is 18.2 Å². The van der Waals surface area contributed by atoms with E-state index in [4.69, 9.17) is 11.5 Å². The number of nitrogen functional groups attached to an aromatic ring is 1. The van der Waals surface area contributed by atoms with E-state index in [2.05, 4.69) is 5.32 Å². The van der Waals surface area contributed by atoms with Crippen molar-refractivity contribution in [2.75, 3.05) is 25.4 Å². The topological polar surface area (TPSA) is 119 Å². The largest absolute Gasteiger partial charge is 0.398 e. The van der Waals surface area contributed by atoms with Gasteiger partial charge in [0.1, 0.15) is 4.90 Å². The number of hydrogen-bond donors (Lipinski definition) is 3. The Balaban J connectivity index is 2.13. The number of nitrogens with two attached hydrogens (primary N) is 2. The van der Waals surface area contributed by atoms with Crippen LogP contribution in [-0.2, 0) is 10.0 Å². The van der Waals surface area contributed by atoms with E-state index in [-0.39, 0.29) is 16.5 Å². The molecule has 0 aliphatic carbocycles. The molecule has 0 radical (unpaired) electrons. The summed E-state index contributed by atoms with van der Waals surface area (Å²) >= 11 is 0. The fourth-order valence-corrected chi connectivity index (χ4v) is 4.18. The number of rotatable bonds is 4. The van der Waals surface area contributed by atoms with Crippen molar-refractivity contribution in [3.05, 3.63) is 24.3 Å². The number of nitrogens with zero attached hydrogens (tertiary/aromatic N) is 1. The first-order valence-electron chi connectivity index (χ1n) is 6.79. The van der Waals surface area contributed by atoms with Gasteiger partial charge >= 0.3 is 6.03 Å². The minimum Gasteiger partial charge on any atom is -0.398 e. The molecule has 1 unspecified atom stereocenters. The highest BCUT2D eigenvalue weighted by Crippen LogP contribution is 2.26. The molecule has 1 saturated heterocycles. The van der Waals surface area contributed by atoms with Gasteiger partial charge < -0.3 is 16.8 Å². The van der Waals surface area contributed by atoms with Crippen LogP contribution in [0.4, 0.5) is 10.5 Å². The van der Waals surface area contributed by atoms with Crippen LogP contribution in [0.5, 0.6) is 0 Å². The van der Waals surface area contributed by atoms with Crippen LogP contribution >= 0.6 is 0 Å². The Labute approximate surface area is 124 Å². The van der Waals surface area contributed by atoms with Gasteiger partial charge in [-0.1, -0.05) is 12.1 Å². The van der Waals surface area contributed by atoms with Gasteiger partial charge in [-0.2, -0.15) is 4.31 Å². The Hall–Kier alpha value is -1.80. The van der Waals surface area contributed by atoms with Crippen LogP contribution in [0.25, 0.3) is 0 Å². The number of hydrogen-bond acceptors (Lipinski definition) is 4. The molecule has 1 atom stereocenters. The molecule has 1 heterocycles. The summed E-state index contributed by atoms with van der Waals surface area (Å²) in [5.41, 5.74) is 11.1. The molecule has 1 aromatic carbocycles. The van der Waals surface area contributed by atoms with E-state index in [1.807, 2.05) is 0 Å². The van der Waals surface area contributed by atoms with E-state index in [9.17, 15) is 13.2 Å². The van der Waals surface area contributed by atoms with Gasteiger partial charge in [0, 0.05) is 19.6 Å². The Morgan fingerprint density at radius 3 is 2.76 bits per heavy atom. The number of primary amides is 1. The maximum absolute atomic E-state index is 12.6. The number of benzene rings is 1. The Bertz CT molecular complexity index is 618. The Morgan fingerprint density at radius 2 is 2.10 bits per heavy atom. The van der Waals surface area contributed by atoms with Gasteiger partial charge in [0.15, 0.2) is 0 Å². The minimum absolute atomic E-state index is 0.0611. The average molecular weight is 312 g/mol. The molecule has 2 amide bonds. The highest BCUT2D eigenvalue weighted by Gasteiger charge is 2.31. The zero-order valence-electron chi connectivity index (χ0n) is 11.7. The lowest BCUT2D eigenvalue weighted by Gasteiger charge is -2.32. The second-order valence-corrected chi connectivity index (χ2v) is 7.06. The summed E-state index contributed by atoms with van der Waals surface area (Å²) in [5, 5.41) is 2.53. The maximum Gasteiger partial charge on any atom is 0.312 e. The monoisotopic (exact) mass is 312 g/mol. The number of sulfonamides is 1. The molecule has 5 N–H and O–H groups in total. The molecule has 1 fully saturated rings. The van der Waals surface area contributed by atoms with Crippen LogP contribution in [0.3, 0.4) is 0 Å². The third-order valence-electron chi connectivity index (χ3n) is 3.58. The number of urea groups is 1. The predicted octanol–water partition coefficient (Wildman–Crippen LogP) is 0.338. The lowest BCUT2D eigenvalue weighted by atomic mass is 10.00. The van der Waals surface area contributed by atoms with Crippen LogP contribution < -0.4 is 16.8 Å². The number of carbonyl (C=O) groups excluding carboxylic acids is 1. The van der Waals surface area contributed by atoms with Crippen molar-refractivity contribution in [1.29, 1.82) is 0 Å². The zero-order valence-corrected chi connectivity index (χ0v) is 12.5. The van der Waals surface area contributed by atoms with E-state index in [0.717, 1.165) is 12.8 Å². The molecule has 116 valence electrons. The van der Waals surface area contributed by atoms with Crippen molar-refractivity contribution in [2.24, 2.45) is 11.7 Å². The lowest BCUT2D eigenvalue weighted by Crippen LogP contribution is -2.44. The first-order chi connectivity index (χ1) is 9.91. The summed E-state index contributed by atoms with van der Waals surface area (Å²) in [4.78, 5) is 10.9. The highest BCUT2D eigenvalue weighted by atomic mass is 32.2. The van der Waals surface area contributed by atoms with Crippen molar-refractivity contribution in [3.63, 3.8) is 0 Å². The summed E-state index contributed by atoms with van der Waals surface area (Å²) in [6.07, 6.45) is 1.60. The van der Waals surface area contributed by atoms with Gasteiger partial charge in [-0.15, -0.1) is 0 Å². The van der Waals surface area contributed by atoms with Crippen LogP contribution in [0.15, 0.2) is 29.2 Å². The van der Waals surface area contributed by atoms with Crippen molar-refractivity contribution in [2.45, 2.75) is 17.7 Å². The van der Waals surface area contributed by atoms with Gasteiger partial charge in [0.25, 0.3) is 0 Å². The molecule has 1 aliphatic heterocycles. The lowest BCUT2D eigenvalue weighted by molar-refractivity contribution is 0.236. The van der Waals surface area contributed by atoms with E-state index in [1.165, 1.54) is 10.4 Å². The molecule has 0 bridgehead atoms. The quantitative estimate of drug-likeness (QED) is 0.694. The summed E-state index contributed by atoms with van der Waals surface area (Å²) in [5.74, 6) is 0.0611. The molecule has 7 nitrogen and oxygen atoms in total. The van der Waals surface area contributed by atoms with E-state index >= 15 is 0 Å². The number of carbonyl (C=O) groups is 1. The molecule has 2 rings (SSSR count). The fraction of sp³-hybridized carbons (Fsp3) is 0.462. The molecule has 1 aromatic rings. The molecular weight excluding hydrogens is 292 g/mol. The molecule has 0 aromatic heterocycles. The molecule has 1 aliphatic rings. The van der Waals surface area contributed by atoms with Crippen molar-refractivity contribution in [3.8, 4) is 0 Å². The average Bonchev–Trinajstić information content (AvgIpc) is 2.45. The predicted molar refractivity (Wildman–Crippen MR) is 79.9 cm³/mol. The second kappa shape index (κ2) is 6.31. The van der Waals surface area contributed by atoms with Gasteiger partial charge in [-0.05, 0) is 30.9 Å². The van der Waals surface area contributed by atoms with Crippen molar-refractivity contribution in [1.82, 2.24) is 9.62 Å². The normalized spacial score (nSPS) is 20.1. The van der Waals surface area contributed by atoms with Gasteiger partial charge in [-0.3, -0.25) is 0 Å². The molecule has 0 spiro atoms. The maximum atomic E-state index is 12.6. The van der Waals surface area contributed by atoms with E-state index in [0.29, 0.717) is 19.6 Å². The molecule has 8 heteroatoms. The number of piperidine rings is 1. The van der Waals surface area contributed by atoms with Crippen LogP contribution in [0.1, 0.15) is 12.8 Å².